The average molecular weight is 487 g/mol. The molecule has 3 aromatic rings. The van der Waals surface area contributed by atoms with Gasteiger partial charge in [0.2, 0.25) is 11.8 Å². The van der Waals surface area contributed by atoms with Crippen LogP contribution in [0.5, 0.6) is 5.75 Å². The van der Waals surface area contributed by atoms with Gasteiger partial charge in [-0.3, -0.25) is 14.4 Å². The van der Waals surface area contributed by atoms with Crippen LogP contribution in [0, 0.1) is 0 Å². The molecule has 0 unspecified atom stereocenters. The van der Waals surface area contributed by atoms with Crippen LogP contribution in [0.4, 0.5) is 0 Å². The van der Waals surface area contributed by atoms with Gasteiger partial charge in [-0.15, -0.1) is 0 Å². The Bertz CT molecular complexity index is 1150. The second kappa shape index (κ2) is 14.1. The first-order valence-corrected chi connectivity index (χ1v) is 11.7. The van der Waals surface area contributed by atoms with E-state index in [1.807, 2.05) is 67.6 Å². The van der Waals surface area contributed by atoms with Gasteiger partial charge in [-0.05, 0) is 54.3 Å². The number of hydrogen-bond donors (Lipinski definition) is 3. The lowest BCUT2D eigenvalue weighted by molar-refractivity contribution is -0.129. The van der Waals surface area contributed by atoms with Crippen molar-refractivity contribution in [2.75, 3.05) is 13.2 Å². The van der Waals surface area contributed by atoms with Crippen molar-refractivity contribution in [2.45, 2.75) is 25.8 Å². The third kappa shape index (κ3) is 9.42. The zero-order valence-corrected chi connectivity index (χ0v) is 20.1. The molecule has 1 atom stereocenters. The first-order chi connectivity index (χ1) is 17.5. The molecule has 0 saturated carbocycles. The number of amides is 3. The van der Waals surface area contributed by atoms with Crippen LogP contribution in [0.15, 0.2) is 90.0 Å². The number of carbonyl (C=O) groups excluding carboxylic acids is 3. The lowest BCUT2D eigenvalue weighted by atomic mass is 10.1. The number of benzene rings is 3. The number of nitrogens with one attached hydrogen (secondary N) is 3. The molecule has 0 bridgehead atoms. The van der Waals surface area contributed by atoms with Crippen LogP contribution in [0.2, 0.25) is 0 Å². The minimum atomic E-state index is -0.501. The van der Waals surface area contributed by atoms with Crippen LogP contribution in [0.3, 0.4) is 0 Å². The van der Waals surface area contributed by atoms with Gasteiger partial charge in [0.25, 0.3) is 5.91 Å². The lowest BCUT2D eigenvalue weighted by Gasteiger charge is -2.14. The van der Waals surface area contributed by atoms with Gasteiger partial charge in [-0.25, -0.2) is 5.43 Å². The maximum atomic E-state index is 12.1. The number of hydrazone groups is 1. The Morgan fingerprint density at radius 1 is 0.861 bits per heavy atom. The summed E-state index contributed by atoms with van der Waals surface area (Å²) in [4.78, 5) is 35.9. The zero-order valence-electron chi connectivity index (χ0n) is 20.1. The highest BCUT2D eigenvalue weighted by molar-refractivity contribution is 5.97. The fraction of sp³-hybridized carbons (Fsp3) is 0.214. The van der Waals surface area contributed by atoms with Gasteiger partial charge >= 0.3 is 0 Å². The summed E-state index contributed by atoms with van der Waals surface area (Å²) in [6, 6.07) is 26.3. The first kappa shape index (κ1) is 26.2. The average Bonchev–Trinajstić information content (AvgIpc) is 2.89. The van der Waals surface area contributed by atoms with Gasteiger partial charge in [0.15, 0.2) is 6.61 Å². The van der Waals surface area contributed by atoms with Gasteiger partial charge in [0, 0.05) is 6.54 Å². The Labute approximate surface area is 210 Å². The minimum absolute atomic E-state index is 0.103. The summed E-state index contributed by atoms with van der Waals surface area (Å²) in [6.45, 7) is 2.27. The van der Waals surface area contributed by atoms with E-state index in [4.69, 9.17) is 4.74 Å². The number of rotatable bonds is 12. The van der Waals surface area contributed by atoms with Crippen LogP contribution in [0.25, 0.3) is 0 Å². The van der Waals surface area contributed by atoms with Crippen molar-refractivity contribution < 1.29 is 19.1 Å². The van der Waals surface area contributed by atoms with Gasteiger partial charge in [0.05, 0.1) is 12.3 Å². The summed E-state index contributed by atoms with van der Waals surface area (Å²) in [5.74, 6) is -0.545. The summed E-state index contributed by atoms with van der Waals surface area (Å²) in [5, 5.41) is 9.49. The minimum Gasteiger partial charge on any atom is -0.484 e. The molecule has 0 radical (unpaired) electrons. The van der Waals surface area contributed by atoms with Crippen molar-refractivity contribution in [3.8, 4) is 5.75 Å². The predicted molar refractivity (Wildman–Crippen MR) is 138 cm³/mol. The molecular weight excluding hydrogens is 456 g/mol. The molecule has 0 heterocycles. The van der Waals surface area contributed by atoms with Crippen LogP contribution < -0.4 is 20.8 Å². The lowest BCUT2D eigenvalue weighted by Crippen LogP contribution is -2.31. The monoisotopic (exact) mass is 486 g/mol. The van der Waals surface area contributed by atoms with Crippen LogP contribution in [0.1, 0.15) is 36.1 Å². The molecule has 0 aliphatic carbocycles. The summed E-state index contributed by atoms with van der Waals surface area (Å²) >= 11 is 0. The molecular formula is C28H30N4O4. The predicted octanol–water partition coefficient (Wildman–Crippen LogP) is 3.14. The Hall–Kier alpha value is -4.46. The van der Waals surface area contributed by atoms with E-state index >= 15 is 0 Å². The maximum absolute atomic E-state index is 12.1. The van der Waals surface area contributed by atoms with E-state index in [1.54, 1.807) is 24.3 Å². The van der Waals surface area contributed by atoms with Gasteiger partial charge in [-0.1, -0.05) is 60.7 Å². The number of nitrogens with zero attached hydrogens (tertiary/aromatic N) is 1. The maximum Gasteiger partial charge on any atom is 0.258 e. The molecule has 3 amide bonds. The highest BCUT2D eigenvalue weighted by atomic mass is 16.5. The van der Waals surface area contributed by atoms with Gasteiger partial charge in [-0.2, -0.15) is 5.10 Å². The van der Waals surface area contributed by atoms with Gasteiger partial charge in [0.1, 0.15) is 12.2 Å². The molecule has 0 fully saturated rings. The molecule has 3 rings (SSSR count). The Kier molecular flexibility index (Phi) is 10.2. The highest BCUT2D eigenvalue weighted by Crippen LogP contribution is 2.13. The molecule has 0 spiro atoms. The fourth-order valence-electron chi connectivity index (χ4n) is 3.32. The van der Waals surface area contributed by atoms with E-state index in [0.29, 0.717) is 18.7 Å². The standard InChI is InChI=1S/C28H30N4O4/c1-21(24-10-6-3-7-11-24)31-28(35)20-36-25-14-12-23(13-15-25)19-30-32-27(34)18-26(33)29-17-16-22-8-4-2-5-9-22/h2-15,19,21H,16-18,20H2,1H3,(H,29,33)(H,31,35)(H,32,34)/b30-19+/t21-/m1/s1. The first-order valence-electron chi connectivity index (χ1n) is 11.7. The molecule has 3 aromatic carbocycles. The second-order valence-corrected chi connectivity index (χ2v) is 8.11. The molecule has 0 saturated heterocycles. The van der Waals surface area contributed by atoms with Crippen molar-refractivity contribution in [3.63, 3.8) is 0 Å². The van der Waals surface area contributed by atoms with Crippen molar-refractivity contribution in [1.29, 1.82) is 0 Å². The molecule has 36 heavy (non-hydrogen) atoms. The summed E-state index contributed by atoms with van der Waals surface area (Å²) in [7, 11) is 0. The summed E-state index contributed by atoms with van der Waals surface area (Å²) in [6.07, 6.45) is 1.86. The topological polar surface area (TPSA) is 109 Å². The largest absolute Gasteiger partial charge is 0.484 e. The molecule has 0 aliphatic heterocycles. The smallest absolute Gasteiger partial charge is 0.258 e. The zero-order chi connectivity index (χ0) is 25.6. The van der Waals surface area contributed by atoms with Crippen molar-refractivity contribution in [2.24, 2.45) is 5.10 Å². The molecule has 8 heteroatoms. The molecule has 3 N–H and O–H groups in total. The summed E-state index contributed by atoms with van der Waals surface area (Å²) < 4.78 is 5.54. The molecule has 0 aliphatic rings. The second-order valence-electron chi connectivity index (χ2n) is 8.11. The van der Waals surface area contributed by atoms with Crippen molar-refractivity contribution >= 4 is 23.9 Å². The number of hydrogen-bond acceptors (Lipinski definition) is 5. The highest BCUT2D eigenvalue weighted by Gasteiger charge is 2.10. The van der Waals surface area contributed by atoms with Crippen LogP contribution >= 0.6 is 0 Å². The van der Waals surface area contributed by atoms with E-state index in [9.17, 15) is 14.4 Å². The quantitative estimate of drug-likeness (QED) is 0.208. The van der Waals surface area contributed by atoms with E-state index in [-0.39, 0.29) is 30.9 Å². The Balaban J connectivity index is 1.33. The van der Waals surface area contributed by atoms with Crippen molar-refractivity contribution in [1.82, 2.24) is 16.1 Å². The van der Waals surface area contributed by atoms with E-state index in [2.05, 4.69) is 21.2 Å². The van der Waals surface area contributed by atoms with Crippen LogP contribution in [-0.4, -0.2) is 37.1 Å². The summed E-state index contributed by atoms with van der Waals surface area (Å²) in [5.41, 5.74) is 5.20. The number of ether oxygens (including phenoxy) is 1. The number of carbonyl (C=O) groups is 3. The van der Waals surface area contributed by atoms with Crippen LogP contribution in [-0.2, 0) is 20.8 Å². The van der Waals surface area contributed by atoms with E-state index < -0.39 is 5.91 Å². The molecule has 186 valence electrons. The third-order valence-electron chi connectivity index (χ3n) is 5.23. The SMILES string of the molecule is C[C@@H](NC(=O)COc1ccc(/C=N/NC(=O)CC(=O)NCCc2ccccc2)cc1)c1ccccc1. The molecule has 0 aromatic heterocycles. The fourth-order valence-corrected chi connectivity index (χ4v) is 3.32. The van der Waals surface area contributed by atoms with E-state index in [1.165, 1.54) is 6.21 Å². The van der Waals surface area contributed by atoms with Crippen molar-refractivity contribution in [3.05, 3.63) is 102 Å². The Morgan fingerprint density at radius 3 is 2.22 bits per heavy atom. The van der Waals surface area contributed by atoms with E-state index in [0.717, 1.165) is 16.7 Å². The third-order valence-corrected chi connectivity index (χ3v) is 5.23. The normalized spacial score (nSPS) is 11.5. The molecule has 8 nitrogen and oxygen atoms in total. The Morgan fingerprint density at radius 2 is 1.53 bits per heavy atom. The van der Waals surface area contributed by atoms with Gasteiger partial charge < -0.3 is 15.4 Å².